The second kappa shape index (κ2) is 7.12. The minimum absolute atomic E-state index is 0.0864. The summed E-state index contributed by atoms with van der Waals surface area (Å²) in [5, 5.41) is 16.0. The largest absolute Gasteiger partial charge is 0.479 e. The van der Waals surface area contributed by atoms with Gasteiger partial charge in [-0.3, -0.25) is 9.48 Å². The standard InChI is InChI=1S/C18H21N3O3/c1-4-13(14-8-6-5-7-9-14)10-16(22)20-15-11-19-21(12-15)18(2,3)17(23)24/h4-9,11-13H,1,10H2,2-3H3,(H,20,22)(H,23,24). The summed E-state index contributed by atoms with van der Waals surface area (Å²) < 4.78 is 1.31. The van der Waals surface area contributed by atoms with Gasteiger partial charge in [-0.05, 0) is 19.4 Å². The molecule has 6 heteroatoms. The van der Waals surface area contributed by atoms with Gasteiger partial charge >= 0.3 is 5.97 Å². The van der Waals surface area contributed by atoms with Crippen LogP contribution in [-0.2, 0) is 15.1 Å². The number of carboxylic acids is 1. The first-order valence-corrected chi connectivity index (χ1v) is 7.60. The van der Waals surface area contributed by atoms with Gasteiger partial charge in [0.15, 0.2) is 5.54 Å². The van der Waals surface area contributed by atoms with Crippen LogP contribution in [0.3, 0.4) is 0 Å². The number of aromatic nitrogens is 2. The molecule has 1 aromatic heterocycles. The number of amides is 1. The molecule has 1 aromatic carbocycles. The Kier molecular flexibility index (Phi) is 5.18. The molecule has 0 spiro atoms. The Bertz CT molecular complexity index is 735. The van der Waals surface area contributed by atoms with E-state index < -0.39 is 11.5 Å². The fraction of sp³-hybridized carbons (Fsp3) is 0.278. The summed E-state index contributed by atoms with van der Waals surface area (Å²) >= 11 is 0. The van der Waals surface area contributed by atoms with Crippen molar-refractivity contribution in [1.29, 1.82) is 0 Å². The van der Waals surface area contributed by atoms with E-state index in [1.165, 1.54) is 30.9 Å². The van der Waals surface area contributed by atoms with Crippen LogP contribution in [0.1, 0.15) is 31.7 Å². The van der Waals surface area contributed by atoms with E-state index >= 15 is 0 Å². The number of carbonyl (C=O) groups excluding carboxylic acids is 1. The van der Waals surface area contributed by atoms with Crippen molar-refractivity contribution in [3.05, 3.63) is 60.9 Å². The second-order valence-electron chi connectivity index (χ2n) is 6.04. The van der Waals surface area contributed by atoms with E-state index in [1.807, 2.05) is 30.3 Å². The number of hydrogen-bond donors (Lipinski definition) is 2. The van der Waals surface area contributed by atoms with Crippen LogP contribution in [-0.4, -0.2) is 26.8 Å². The lowest BCUT2D eigenvalue weighted by Crippen LogP contribution is -2.35. The molecule has 0 aliphatic rings. The normalized spacial score (nSPS) is 12.4. The van der Waals surface area contributed by atoms with E-state index in [2.05, 4.69) is 17.0 Å². The molecule has 0 aliphatic heterocycles. The molecule has 2 rings (SSSR count). The SMILES string of the molecule is C=CC(CC(=O)Nc1cnn(C(C)(C)C(=O)O)c1)c1ccccc1. The van der Waals surface area contributed by atoms with E-state index in [9.17, 15) is 14.7 Å². The second-order valence-corrected chi connectivity index (χ2v) is 6.04. The minimum Gasteiger partial charge on any atom is -0.479 e. The van der Waals surface area contributed by atoms with Crippen molar-refractivity contribution in [2.24, 2.45) is 0 Å². The molecule has 1 unspecified atom stereocenters. The predicted octanol–water partition coefficient (Wildman–Crippen LogP) is 3.00. The van der Waals surface area contributed by atoms with Gasteiger partial charge in [-0.1, -0.05) is 36.4 Å². The molecule has 0 saturated carbocycles. The minimum atomic E-state index is -1.18. The fourth-order valence-electron chi connectivity index (χ4n) is 2.24. The molecule has 0 aliphatic carbocycles. The van der Waals surface area contributed by atoms with Gasteiger partial charge < -0.3 is 10.4 Å². The molecule has 0 radical (unpaired) electrons. The van der Waals surface area contributed by atoms with Crippen molar-refractivity contribution in [2.75, 3.05) is 5.32 Å². The van der Waals surface area contributed by atoms with Crippen molar-refractivity contribution < 1.29 is 14.7 Å². The van der Waals surface area contributed by atoms with Gasteiger partial charge in [0.2, 0.25) is 5.91 Å². The summed E-state index contributed by atoms with van der Waals surface area (Å²) in [7, 11) is 0. The zero-order valence-electron chi connectivity index (χ0n) is 13.8. The number of aliphatic carboxylic acids is 1. The highest BCUT2D eigenvalue weighted by Gasteiger charge is 2.30. The zero-order chi connectivity index (χ0) is 17.7. The molecule has 2 N–H and O–H groups in total. The molecule has 1 amide bonds. The average molecular weight is 327 g/mol. The van der Waals surface area contributed by atoms with Crippen molar-refractivity contribution >= 4 is 17.6 Å². The van der Waals surface area contributed by atoms with Gasteiger partial charge in [0, 0.05) is 18.5 Å². The number of carbonyl (C=O) groups is 2. The Balaban J connectivity index is 2.04. The van der Waals surface area contributed by atoms with Crippen LogP contribution in [0.15, 0.2) is 55.4 Å². The van der Waals surface area contributed by atoms with Gasteiger partial charge in [-0.2, -0.15) is 5.10 Å². The smallest absolute Gasteiger partial charge is 0.331 e. The van der Waals surface area contributed by atoms with Gasteiger partial charge in [0.1, 0.15) is 0 Å². The highest BCUT2D eigenvalue weighted by atomic mass is 16.4. The lowest BCUT2D eigenvalue weighted by atomic mass is 9.95. The Morgan fingerprint density at radius 1 is 1.38 bits per heavy atom. The monoisotopic (exact) mass is 327 g/mol. The lowest BCUT2D eigenvalue weighted by molar-refractivity contribution is -0.146. The third kappa shape index (κ3) is 3.90. The number of rotatable bonds is 7. The van der Waals surface area contributed by atoms with Crippen LogP contribution in [0.5, 0.6) is 0 Å². The van der Waals surface area contributed by atoms with Gasteiger partial charge in [-0.15, -0.1) is 6.58 Å². The number of nitrogens with zero attached hydrogens (tertiary/aromatic N) is 2. The average Bonchev–Trinajstić information content (AvgIpc) is 3.02. The zero-order valence-corrected chi connectivity index (χ0v) is 13.8. The van der Waals surface area contributed by atoms with Crippen molar-refractivity contribution in [1.82, 2.24) is 9.78 Å². The maximum absolute atomic E-state index is 12.2. The number of benzene rings is 1. The quantitative estimate of drug-likeness (QED) is 0.766. The Hall–Kier alpha value is -2.89. The molecule has 2 aromatic rings. The summed E-state index contributed by atoms with van der Waals surface area (Å²) in [6, 6.07) is 9.66. The summed E-state index contributed by atoms with van der Waals surface area (Å²) in [4.78, 5) is 23.5. The van der Waals surface area contributed by atoms with E-state index in [4.69, 9.17) is 0 Å². The molecular formula is C18H21N3O3. The maximum atomic E-state index is 12.2. The molecule has 1 atom stereocenters. The molecule has 1 heterocycles. The first-order valence-electron chi connectivity index (χ1n) is 7.60. The highest BCUT2D eigenvalue weighted by Crippen LogP contribution is 2.22. The van der Waals surface area contributed by atoms with Gasteiger partial charge in [0.25, 0.3) is 0 Å². The molecule has 0 fully saturated rings. The Morgan fingerprint density at radius 2 is 2.04 bits per heavy atom. The molecule has 0 bridgehead atoms. The van der Waals surface area contributed by atoms with Gasteiger partial charge in [-0.25, -0.2) is 4.79 Å². The third-order valence-corrected chi connectivity index (χ3v) is 3.88. The Morgan fingerprint density at radius 3 is 2.62 bits per heavy atom. The first-order chi connectivity index (χ1) is 11.3. The van der Waals surface area contributed by atoms with Gasteiger partial charge in [0.05, 0.1) is 11.9 Å². The summed E-state index contributed by atoms with van der Waals surface area (Å²) in [5.41, 5.74) is 0.298. The number of hydrogen-bond acceptors (Lipinski definition) is 3. The number of anilines is 1. The number of nitrogens with one attached hydrogen (secondary N) is 1. The third-order valence-electron chi connectivity index (χ3n) is 3.88. The van der Waals surface area contributed by atoms with E-state index in [1.54, 1.807) is 6.08 Å². The maximum Gasteiger partial charge on any atom is 0.331 e. The fourth-order valence-corrected chi connectivity index (χ4v) is 2.24. The summed E-state index contributed by atoms with van der Waals surface area (Å²) in [6.07, 6.45) is 4.94. The molecule has 6 nitrogen and oxygen atoms in total. The lowest BCUT2D eigenvalue weighted by Gasteiger charge is -2.19. The topological polar surface area (TPSA) is 84.2 Å². The van der Waals surface area contributed by atoms with Crippen LogP contribution in [0.4, 0.5) is 5.69 Å². The van der Waals surface area contributed by atoms with Crippen LogP contribution < -0.4 is 5.32 Å². The summed E-state index contributed by atoms with van der Waals surface area (Å²) in [5.74, 6) is -1.27. The van der Waals surface area contributed by atoms with Crippen molar-refractivity contribution in [2.45, 2.75) is 31.7 Å². The molecule has 24 heavy (non-hydrogen) atoms. The molecular weight excluding hydrogens is 306 g/mol. The Labute approximate surface area is 140 Å². The first kappa shape index (κ1) is 17.5. The van der Waals surface area contributed by atoms with Crippen LogP contribution in [0.2, 0.25) is 0 Å². The number of carboxylic acid groups (broad SMARTS) is 1. The molecule has 0 saturated heterocycles. The van der Waals surface area contributed by atoms with E-state index in [-0.39, 0.29) is 18.2 Å². The van der Waals surface area contributed by atoms with Crippen molar-refractivity contribution in [3.63, 3.8) is 0 Å². The number of allylic oxidation sites excluding steroid dienone is 1. The predicted molar refractivity (Wildman–Crippen MR) is 91.8 cm³/mol. The van der Waals surface area contributed by atoms with E-state index in [0.29, 0.717) is 5.69 Å². The molecule has 126 valence electrons. The summed E-state index contributed by atoms with van der Waals surface area (Å²) in [6.45, 7) is 6.87. The van der Waals surface area contributed by atoms with E-state index in [0.717, 1.165) is 5.56 Å². The van der Waals surface area contributed by atoms with Crippen molar-refractivity contribution in [3.8, 4) is 0 Å². The highest BCUT2D eigenvalue weighted by molar-refractivity contribution is 5.91. The van der Waals surface area contributed by atoms with Crippen LogP contribution >= 0.6 is 0 Å². The van der Waals surface area contributed by atoms with Crippen LogP contribution in [0, 0.1) is 0 Å². The van der Waals surface area contributed by atoms with Crippen LogP contribution in [0.25, 0.3) is 0 Å².